The fourth-order valence-electron chi connectivity index (χ4n) is 1.84. The maximum Gasteiger partial charge on any atom is 0.238 e. The first-order valence-corrected chi connectivity index (χ1v) is 7.02. The molecular weight excluding hydrogens is 291 g/mol. The number of halogens is 2. The minimum absolute atomic E-state index is 0.141. The second kappa shape index (κ2) is 7.76. The number of amides is 1. The second-order valence-corrected chi connectivity index (χ2v) is 5.02. The molecule has 0 atom stereocenters. The van der Waals surface area contributed by atoms with E-state index >= 15 is 0 Å². The normalized spacial score (nSPS) is 10.4. The van der Waals surface area contributed by atoms with Crippen LogP contribution >= 0.6 is 11.6 Å². The van der Waals surface area contributed by atoms with Gasteiger partial charge in [0.2, 0.25) is 5.91 Å². The molecule has 2 aromatic carbocycles. The summed E-state index contributed by atoms with van der Waals surface area (Å²) in [4.78, 5) is 11.7. The molecule has 0 aliphatic rings. The summed E-state index contributed by atoms with van der Waals surface area (Å²) in [6.45, 7) is 0.800. The van der Waals surface area contributed by atoms with Gasteiger partial charge in [-0.1, -0.05) is 35.9 Å². The van der Waals surface area contributed by atoms with E-state index in [4.69, 9.17) is 11.6 Å². The van der Waals surface area contributed by atoms with Crippen molar-refractivity contribution in [2.45, 2.75) is 6.42 Å². The molecule has 0 saturated heterocycles. The van der Waals surface area contributed by atoms with E-state index in [1.165, 1.54) is 12.1 Å². The van der Waals surface area contributed by atoms with Crippen molar-refractivity contribution in [1.29, 1.82) is 0 Å². The molecule has 1 amide bonds. The van der Waals surface area contributed by atoms with Gasteiger partial charge in [-0.15, -0.1) is 0 Å². The number of hydrogen-bond donors (Lipinski definition) is 2. The maximum atomic E-state index is 13.3. The summed E-state index contributed by atoms with van der Waals surface area (Å²) in [5.41, 5.74) is 1.34. The van der Waals surface area contributed by atoms with E-state index in [9.17, 15) is 9.18 Å². The summed E-state index contributed by atoms with van der Waals surface area (Å²) in [6, 6.07) is 13.7. The smallest absolute Gasteiger partial charge is 0.238 e. The Morgan fingerprint density at radius 3 is 2.52 bits per heavy atom. The van der Waals surface area contributed by atoms with E-state index in [-0.39, 0.29) is 18.1 Å². The van der Waals surface area contributed by atoms with Crippen molar-refractivity contribution in [3.8, 4) is 0 Å². The van der Waals surface area contributed by atoms with Crippen molar-refractivity contribution in [2.75, 3.05) is 18.4 Å². The predicted octanol–water partition coefficient (Wildman–Crippen LogP) is 3.25. The van der Waals surface area contributed by atoms with Crippen molar-refractivity contribution in [1.82, 2.24) is 5.32 Å². The van der Waals surface area contributed by atoms with E-state index in [0.717, 1.165) is 12.0 Å². The molecule has 0 heterocycles. The highest BCUT2D eigenvalue weighted by Gasteiger charge is 2.05. The quantitative estimate of drug-likeness (QED) is 0.804. The van der Waals surface area contributed by atoms with Gasteiger partial charge in [-0.25, -0.2) is 4.39 Å². The average molecular weight is 307 g/mol. The highest BCUT2D eigenvalue weighted by Crippen LogP contribution is 2.12. The lowest BCUT2D eigenvalue weighted by Crippen LogP contribution is -2.29. The molecule has 0 fully saturated rings. The van der Waals surface area contributed by atoms with Crippen LogP contribution in [0.2, 0.25) is 5.02 Å². The van der Waals surface area contributed by atoms with Crippen LogP contribution in [0.5, 0.6) is 0 Å². The number of benzene rings is 2. The molecule has 2 aromatic rings. The first-order valence-electron chi connectivity index (χ1n) is 6.65. The van der Waals surface area contributed by atoms with Crippen LogP contribution < -0.4 is 10.6 Å². The van der Waals surface area contributed by atoms with E-state index in [2.05, 4.69) is 10.6 Å². The predicted molar refractivity (Wildman–Crippen MR) is 83.1 cm³/mol. The second-order valence-electron chi connectivity index (χ2n) is 4.58. The third-order valence-corrected chi connectivity index (χ3v) is 3.19. The van der Waals surface area contributed by atoms with Crippen LogP contribution in [0.3, 0.4) is 0 Å². The number of hydrogen-bond acceptors (Lipinski definition) is 2. The highest BCUT2D eigenvalue weighted by molar-refractivity contribution is 6.30. The summed E-state index contributed by atoms with van der Waals surface area (Å²) in [5.74, 6) is -0.705. The van der Waals surface area contributed by atoms with Gasteiger partial charge in [-0.05, 0) is 42.8 Å². The summed E-state index contributed by atoms with van der Waals surface area (Å²) in [7, 11) is 0. The van der Waals surface area contributed by atoms with E-state index in [1.807, 2.05) is 24.3 Å². The molecule has 0 saturated carbocycles. The molecule has 21 heavy (non-hydrogen) atoms. The molecule has 2 rings (SSSR count). The summed E-state index contributed by atoms with van der Waals surface area (Å²) in [6.07, 6.45) is 0.796. The molecule has 0 spiro atoms. The molecule has 0 radical (unpaired) electrons. The molecule has 0 aliphatic heterocycles. The van der Waals surface area contributed by atoms with Crippen LogP contribution in [0.1, 0.15) is 5.56 Å². The zero-order valence-corrected chi connectivity index (χ0v) is 12.2. The molecule has 2 N–H and O–H groups in total. The molecule has 0 unspecified atom stereocenters. The minimum Gasteiger partial charge on any atom is -0.322 e. The Balaban J connectivity index is 1.70. The lowest BCUT2D eigenvalue weighted by Gasteiger charge is -2.07. The van der Waals surface area contributed by atoms with Crippen LogP contribution in [0.4, 0.5) is 10.1 Å². The van der Waals surface area contributed by atoms with Gasteiger partial charge in [0.25, 0.3) is 0 Å². The number of nitrogens with one attached hydrogen (secondary N) is 2. The molecule has 0 aromatic heterocycles. The van der Waals surface area contributed by atoms with Crippen molar-refractivity contribution in [3.63, 3.8) is 0 Å². The Labute approximate surface area is 128 Å². The minimum atomic E-state index is -0.438. The van der Waals surface area contributed by atoms with Gasteiger partial charge in [0.15, 0.2) is 0 Å². The van der Waals surface area contributed by atoms with E-state index in [0.29, 0.717) is 11.6 Å². The molecule has 110 valence electrons. The third kappa shape index (κ3) is 5.17. The Kier molecular flexibility index (Phi) is 5.72. The van der Waals surface area contributed by atoms with Gasteiger partial charge in [0, 0.05) is 5.02 Å². The van der Waals surface area contributed by atoms with Crippen molar-refractivity contribution in [2.24, 2.45) is 0 Å². The lowest BCUT2D eigenvalue weighted by molar-refractivity contribution is -0.115. The van der Waals surface area contributed by atoms with Crippen LogP contribution in [-0.4, -0.2) is 19.0 Å². The van der Waals surface area contributed by atoms with Crippen LogP contribution in [-0.2, 0) is 11.2 Å². The summed E-state index contributed by atoms with van der Waals surface area (Å²) >= 11 is 5.81. The zero-order valence-electron chi connectivity index (χ0n) is 11.4. The van der Waals surface area contributed by atoms with Gasteiger partial charge in [-0.3, -0.25) is 4.79 Å². The number of carbonyl (C=O) groups excluding carboxylic acids is 1. The SMILES string of the molecule is O=C(CNCCc1ccc(Cl)cc1)Nc1ccccc1F. The zero-order chi connectivity index (χ0) is 15.1. The van der Waals surface area contributed by atoms with Gasteiger partial charge < -0.3 is 10.6 Å². The fraction of sp³-hybridized carbons (Fsp3) is 0.188. The molecule has 0 aliphatic carbocycles. The standard InChI is InChI=1S/C16H16ClFN2O/c17-13-7-5-12(6-8-13)9-10-19-11-16(21)20-15-4-2-1-3-14(15)18/h1-8,19H,9-11H2,(H,20,21). The summed E-state index contributed by atoms with van der Waals surface area (Å²) in [5, 5.41) is 6.25. The van der Waals surface area contributed by atoms with Crippen LogP contribution in [0.15, 0.2) is 48.5 Å². The largest absolute Gasteiger partial charge is 0.322 e. The average Bonchev–Trinajstić information content (AvgIpc) is 2.48. The van der Waals surface area contributed by atoms with Gasteiger partial charge in [-0.2, -0.15) is 0 Å². The van der Waals surface area contributed by atoms with Gasteiger partial charge in [0.05, 0.1) is 12.2 Å². The number of carbonyl (C=O) groups is 1. The van der Waals surface area contributed by atoms with E-state index in [1.54, 1.807) is 12.1 Å². The first-order chi connectivity index (χ1) is 10.1. The van der Waals surface area contributed by atoms with Crippen molar-refractivity contribution < 1.29 is 9.18 Å². The monoisotopic (exact) mass is 306 g/mol. The fourth-order valence-corrected chi connectivity index (χ4v) is 1.97. The number of anilines is 1. The van der Waals surface area contributed by atoms with Gasteiger partial charge in [0.1, 0.15) is 5.82 Å². The van der Waals surface area contributed by atoms with Gasteiger partial charge >= 0.3 is 0 Å². The Bertz CT molecular complexity index is 601. The van der Waals surface area contributed by atoms with Crippen molar-refractivity contribution in [3.05, 3.63) is 64.9 Å². The Morgan fingerprint density at radius 2 is 1.81 bits per heavy atom. The third-order valence-electron chi connectivity index (χ3n) is 2.94. The molecule has 0 bridgehead atoms. The van der Waals surface area contributed by atoms with Crippen LogP contribution in [0, 0.1) is 5.82 Å². The number of rotatable bonds is 6. The Hall–Kier alpha value is -1.91. The first kappa shape index (κ1) is 15.5. The molecule has 3 nitrogen and oxygen atoms in total. The molecule has 5 heteroatoms. The summed E-state index contributed by atoms with van der Waals surface area (Å²) < 4.78 is 13.3. The van der Waals surface area contributed by atoms with Crippen LogP contribution in [0.25, 0.3) is 0 Å². The lowest BCUT2D eigenvalue weighted by atomic mass is 10.1. The molecular formula is C16H16ClFN2O. The van der Waals surface area contributed by atoms with E-state index < -0.39 is 5.82 Å². The topological polar surface area (TPSA) is 41.1 Å². The maximum absolute atomic E-state index is 13.3. The Morgan fingerprint density at radius 1 is 1.10 bits per heavy atom. The van der Waals surface area contributed by atoms with Crippen molar-refractivity contribution >= 4 is 23.2 Å². The highest BCUT2D eigenvalue weighted by atomic mass is 35.5. The number of para-hydroxylation sites is 1.